The maximum absolute atomic E-state index is 15.0. The van der Waals surface area contributed by atoms with Crippen molar-refractivity contribution in [1.82, 2.24) is 72.8 Å². The third-order valence-electron chi connectivity index (χ3n) is 23.5. The van der Waals surface area contributed by atoms with Crippen molar-refractivity contribution < 1.29 is 123 Å². The molecule has 4 fully saturated rings. The van der Waals surface area contributed by atoms with Crippen LogP contribution in [-0.4, -0.2) is 324 Å². The Kier molecular flexibility index (Phi) is 36.1. The fraction of sp³-hybridized carbons (Fsp3) is 0.810. The van der Waals surface area contributed by atoms with Crippen LogP contribution in [0.2, 0.25) is 0 Å². The first-order valence-corrected chi connectivity index (χ1v) is 41.0. The van der Waals surface area contributed by atoms with Gasteiger partial charge in [0.05, 0.1) is 37.6 Å². The van der Waals surface area contributed by atoms with Gasteiger partial charge in [-0.1, -0.05) is 82.6 Å². The van der Waals surface area contributed by atoms with Gasteiger partial charge in [-0.2, -0.15) is 0 Å². The van der Waals surface area contributed by atoms with Crippen molar-refractivity contribution in [2.45, 2.75) is 352 Å². The average Bonchev–Trinajstić information content (AvgIpc) is 1.57. The Morgan fingerprint density at radius 1 is 0.398 bits per heavy atom. The lowest BCUT2D eigenvalue weighted by atomic mass is 9.90. The molecule has 21 atom stereocenters. The molecule has 39 heteroatoms. The number of carbonyl (C=O) groups excluding carboxylic acids is 15. The van der Waals surface area contributed by atoms with Crippen LogP contribution in [-0.2, 0) is 76.7 Å². The first-order valence-electron chi connectivity index (χ1n) is 41.0. The predicted molar refractivity (Wildman–Crippen MR) is 425 cm³/mol. The lowest BCUT2D eigenvalue weighted by Crippen LogP contribution is -2.69. The molecule has 39 nitrogen and oxygen atoms in total. The van der Waals surface area contributed by atoms with Crippen LogP contribution >= 0.6 is 0 Å². The summed E-state index contributed by atoms with van der Waals surface area (Å²) in [4.78, 5) is 219. The molecule has 0 aromatic rings. The van der Waals surface area contributed by atoms with E-state index in [0.29, 0.717) is 0 Å². The minimum absolute atomic E-state index is 0.0273. The van der Waals surface area contributed by atoms with Crippen LogP contribution in [0.5, 0.6) is 0 Å². The van der Waals surface area contributed by atoms with Gasteiger partial charge in [-0.3, -0.25) is 67.1 Å². The van der Waals surface area contributed by atoms with Gasteiger partial charge in [0.1, 0.15) is 99.4 Å². The number of aliphatic hydroxyl groups excluding tert-OH is 9. The van der Waals surface area contributed by atoms with Crippen LogP contribution in [0.3, 0.4) is 0 Å². The smallest absolute Gasteiger partial charge is 0.329 e. The molecule has 672 valence electrons. The molecule has 19 N–H and O–H groups in total. The zero-order valence-corrected chi connectivity index (χ0v) is 72.5. The third-order valence-corrected chi connectivity index (χ3v) is 23.5. The molecule has 4 aliphatic rings. The Labute approximate surface area is 690 Å². The Balaban J connectivity index is 1.50. The van der Waals surface area contributed by atoms with Crippen molar-refractivity contribution in [2.24, 2.45) is 17.8 Å². The molecule has 4 heterocycles. The number of esters is 1. The monoisotopic (exact) mass is 1680 g/mol. The molecule has 0 spiro atoms. The Hall–Kier alpha value is -8.31. The normalized spacial score (nSPS) is 24.2. The summed E-state index contributed by atoms with van der Waals surface area (Å²) in [6, 6.07) is -9.78. The average molecular weight is 1680 g/mol. The second-order valence-corrected chi connectivity index (χ2v) is 35.3. The van der Waals surface area contributed by atoms with Gasteiger partial charge in [0.25, 0.3) is 0 Å². The van der Waals surface area contributed by atoms with Crippen molar-refractivity contribution in [3.63, 3.8) is 0 Å². The van der Waals surface area contributed by atoms with Crippen molar-refractivity contribution in [2.75, 3.05) is 39.4 Å². The summed E-state index contributed by atoms with van der Waals surface area (Å²) in [7, 11) is 0. The Morgan fingerprint density at radius 2 is 0.729 bits per heavy atom. The highest BCUT2D eigenvalue weighted by atomic mass is 16.6. The molecule has 0 aromatic carbocycles. The van der Waals surface area contributed by atoms with Crippen LogP contribution in [0.1, 0.15) is 222 Å². The van der Waals surface area contributed by atoms with Gasteiger partial charge in [0.2, 0.25) is 82.7 Å². The van der Waals surface area contributed by atoms with Crippen molar-refractivity contribution in [3.8, 4) is 0 Å². The first kappa shape index (κ1) is 102. The van der Waals surface area contributed by atoms with Gasteiger partial charge in [-0.05, 0) is 125 Å². The van der Waals surface area contributed by atoms with Crippen LogP contribution in [0.15, 0.2) is 0 Å². The molecule has 0 bridgehead atoms. The van der Waals surface area contributed by atoms with Crippen LogP contribution < -0.4 is 53.2 Å². The van der Waals surface area contributed by atoms with Gasteiger partial charge >= 0.3 is 5.97 Å². The summed E-state index contributed by atoms with van der Waals surface area (Å²) in [6.07, 6.45) is -14.3. The molecular formula is C79H136N14O25. The van der Waals surface area contributed by atoms with E-state index >= 15 is 0 Å². The van der Waals surface area contributed by atoms with Gasteiger partial charge < -0.3 is 123 Å². The SMILES string of the molecule is CC[C@H](C)[C@@H](NC(=O)[C@@](C)(CC)NC(=O)[C@@H]1C[C@@H](O)CN1C(=O)[C@@](C)(CC)NC(=O)[C@@](C)(CC)NC(=O)C(C)(C)NC(=O)[C@@H]1C[C@@H](O)CN1C(=O)[C@@](C)(CC)NC(=O)[C@H](CC(C)C)NC(=O)[C@@H]1C[C@@H](O)CN1C(=O)[C@](C)(CC)NC(=O)[C@H](CC(C)C)NC(=O)[C@@H]1C[C@@H](O)CN1C(=O)C(C)(C)NC(C)=O)C(=O)OC(C(O)CO)C(O)C(O)CO. The first-order chi connectivity index (χ1) is 54.4. The van der Waals surface area contributed by atoms with E-state index in [-0.39, 0.29) is 102 Å². The Morgan fingerprint density at radius 3 is 1.07 bits per heavy atom. The molecule has 0 aromatic heterocycles. The second-order valence-electron chi connectivity index (χ2n) is 35.3. The second kappa shape index (κ2) is 41.8. The summed E-state index contributed by atoms with van der Waals surface area (Å²) in [5.74, 6) is -14.0. The van der Waals surface area contributed by atoms with E-state index in [0.717, 1.165) is 19.6 Å². The van der Waals surface area contributed by atoms with Crippen LogP contribution in [0, 0.1) is 17.8 Å². The fourth-order valence-corrected chi connectivity index (χ4v) is 14.7. The molecule has 4 unspecified atom stereocenters. The van der Waals surface area contributed by atoms with Crippen LogP contribution in [0.4, 0.5) is 0 Å². The number of nitrogens with one attached hydrogen (secondary N) is 10. The van der Waals surface area contributed by atoms with E-state index in [4.69, 9.17) is 4.74 Å². The molecule has 4 aliphatic heterocycles. The lowest BCUT2D eigenvalue weighted by Gasteiger charge is -2.40. The van der Waals surface area contributed by atoms with Crippen molar-refractivity contribution >= 4 is 88.7 Å². The van der Waals surface area contributed by atoms with E-state index in [1.165, 1.54) is 76.2 Å². The highest BCUT2D eigenvalue weighted by molar-refractivity contribution is 6.04. The minimum Gasteiger partial charge on any atom is -0.455 e. The topological polar surface area (TPSA) is 581 Å². The van der Waals surface area contributed by atoms with Gasteiger partial charge in [0, 0.05) is 58.8 Å². The molecular weight excluding hydrogens is 1540 g/mol. The van der Waals surface area contributed by atoms with E-state index in [9.17, 15) is 118 Å². The zero-order chi connectivity index (χ0) is 90.4. The number of β-amino-alcohol motifs (C(OH)–C–C–N with tert-alkyl or cyclic N) is 4. The van der Waals surface area contributed by atoms with Gasteiger partial charge in [-0.25, -0.2) is 4.79 Å². The number of aliphatic hydroxyl groups is 9. The minimum atomic E-state index is -2.08. The summed E-state index contributed by atoms with van der Waals surface area (Å²) in [5.41, 5.74) is -12.6. The summed E-state index contributed by atoms with van der Waals surface area (Å²) < 4.78 is 5.33. The highest BCUT2D eigenvalue weighted by Crippen LogP contribution is 2.32. The number of rotatable bonds is 41. The fourth-order valence-electron chi connectivity index (χ4n) is 14.7. The zero-order valence-electron chi connectivity index (χ0n) is 72.5. The molecule has 4 rings (SSSR count). The van der Waals surface area contributed by atoms with E-state index in [2.05, 4.69) is 53.2 Å². The summed E-state index contributed by atoms with van der Waals surface area (Å²) >= 11 is 0. The molecule has 14 amide bonds. The van der Waals surface area contributed by atoms with E-state index in [1.807, 2.05) is 0 Å². The molecule has 0 saturated carbocycles. The lowest BCUT2D eigenvalue weighted by molar-refractivity contribution is -0.181. The summed E-state index contributed by atoms with van der Waals surface area (Å²) in [5, 5.41) is 121. The maximum atomic E-state index is 15.0. The molecule has 4 saturated heterocycles. The standard InChI is InChI=1S/C79H136N14O25/c1-22-42(11)56(65(110)118-58(55(102)39-95)57(103)54(101)38-94)82-67(112)75(17,23-2)87-64(109)53-33-47(100)37-93(53)72(117)79(21,27-6)89-68(113)76(18,24-3)88-66(111)73(13,14)84-63(108)52-32-46(99)36-92(52)71(116)78(20,26-5)86-60(105)49(29-41(9)10)81-62(107)51-31-45(98)35-91(51)70(115)77(19,25-4)85-59(104)48(28-40(7)8)80-61(106)50-30-44(97)34-90(50)69(114)74(15,16)83-43(12)96/h40-42,44-58,94-95,97-103H,22-39H2,1-21H3,(H,80,106)(H,81,107)(H,82,112)(H,83,96)(H,84,108)(H,85,104)(H,86,105)(H,87,109)(H,88,111)(H,89,113)/t42-,44+,45+,46+,47+,48-,49-,50-,51-,52-,53-,54?,55?,56+,57?,58?,75+,76+,77-,78+,79+/m0/s1. The molecule has 0 radical (unpaired) electrons. The number of hydrogen-bond donors (Lipinski definition) is 19. The number of amides is 14. The largest absolute Gasteiger partial charge is 0.455 e. The van der Waals surface area contributed by atoms with Crippen LogP contribution in [0.25, 0.3) is 0 Å². The highest BCUT2D eigenvalue weighted by Gasteiger charge is 2.54. The molecule has 118 heavy (non-hydrogen) atoms. The van der Waals surface area contributed by atoms with Crippen molar-refractivity contribution in [3.05, 3.63) is 0 Å². The van der Waals surface area contributed by atoms with E-state index in [1.54, 1.807) is 69.2 Å². The molecule has 0 aliphatic carbocycles. The van der Waals surface area contributed by atoms with E-state index < -0.39 is 251 Å². The number of likely N-dealkylation sites (tertiary alicyclic amines) is 4. The maximum Gasteiger partial charge on any atom is 0.329 e. The number of ether oxygens (including phenoxy) is 1. The third kappa shape index (κ3) is 24.9. The van der Waals surface area contributed by atoms with Crippen molar-refractivity contribution in [1.29, 1.82) is 0 Å². The Bertz CT molecular complexity index is 3630. The predicted octanol–water partition coefficient (Wildman–Crippen LogP) is -4.36. The number of carbonyl (C=O) groups is 15. The summed E-state index contributed by atoms with van der Waals surface area (Å²) in [6.45, 7) is 28.2. The number of hydrogen-bond acceptors (Lipinski definition) is 25. The van der Waals surface area contributed by atoms with Gasteiger partial charge in [0.15, 0.2) is 6.10 Å². The number of nitrogens with zero attached hydrogens (tertiary/aromatic N) is 4. The van der Waals surface area contributed by atoms with Gasteiger partial charge in [-0.15, -0.1) is 0 Å². The quantitative estimate of drug-likeness (QED) is 0.0257.